The number of halogens is 2. The second-order valence-electron chi connectivity index (χ2n) is 2.74. The van der Waals surface area contributed by atoms with Gasteiger partial charge in [-0.3, -0.25) is 0 Å². The summed E-state index contributed by atoms with van der Waals surface area (Å²) in [7, 11) is 0. The van der Waals surface area contributed by atoms with Crippen LogP contribution in [0.3, 0.4) is 0 Å². The Bertz CT molecular complexity index is 196. The topological polar surface area (TPSA) is 9.23 Å². The standard InChI is InChI=1S/C10H16F2O.2C2H6/c1-4-6-9(13-10(11)12)7-8(3)5-2;2*1-2/h6-7,10H,4-5H2,1-3H3;2*1-2H3/b8-7+,9-6+;;. The molecule has 0 spiro atoms. The van der Waals surface area contributed by atoms with E-state index in [0.717, 1.165) is 12.0 Å². The van der Waals surface area contributed by atoms with Gasteiger partial charge in [-0.05, 0) is 31.9 Å². The zero-order valence-corrected chi connectivity index (χ0v) is 12.3. The predicted molar refractivity (Wildman–Crippen MR) is 72.2 cm³/mol. The molecule has 3 heteroatoms. The van der Waals surface area contributed by atoms with Gasteiger partial charge < -0.3 is 4.74 Å². The average Bonchev–Trinajstić information content (AvgIpc) is 2.33. The summed E-state index contributed by atoms with van der Waals surface area (Å²) in [5.74, 6) is 0.261. The highest BCUT2D eigenvalue weighted by Crippen LogP contribution is 2.11. The van der Waals surface area contributed by atoms with Crippen molar-refractivity contribution in [3.63, 3.8) is 0 Å². The van der Waals surface area contributed by atoms with Crippen molar-refractivity contribution in [2.75, 3.05) is 0 Å². The molecule has 0 aliphatic heterocycles. The Morgan fingerprint density at radius 2 is 1.59 bits per heavy atom. The molecule has 104 valence electrons. The van der Waals surface area contributed by atoms with Gasteiger partial charge in [0.05, 0.1) is 0 Å². The van der Waals surface area contributed by atoms with E-state index in [1.54, 1.807) is 12.2 Å². The SMILES string of the molecule is CC.CC.CC/C=C(\C=C(/C)CC)OC(F)F. The van der Waals surface area contributed by atoms with Gasteiger partial charge in [-0.2, -0.15) is 8.78 Å². The van der Waals surface area contributed by atoms with Crippen LogP contribution < -0.4 is 0 Å². The lowest BCUT2D eigenvalue weighted by Crippen LogP contribution is -1.97. The van der Waals surface area contributed by atoms with E-state index in [1.807, 2.05) is 48.5 Å². The van der Waals surface area contributed by atoms with Gasteiger partial charge in [0.25, 0.3) is 0 Å². The van der Waals surface area contributed by atoms with Crippen LogP contribution >= 0.6 is 0 Å². The van der Waals surface area contributed by atoms with E-state index in [0.29, 0.717) is 6.42 Å². The molecule has 0 radical (unpaired) electrons. The highest BCUT2D eigenvalue weighted by atomic mass is 19.3. The molecule has 0 heterocycles. The van der Waals surface area contributed by atoms with Crippen molar-refractivity contribution < 1.29 is 13.5 Å². The summed E-state index contributed by atoms with van der Waals surface area (Å²) in [6.45, 7) is 11.0. The Labute approximate surface area is 106 Å². The number of allylic oxidation sites excluding steroid dienone is 3. The van der Waals surface area contributed by atoms with Crippen molar-refractivity contribution in [3.8, 4) is 0 Å². The Morgan fingerprint density at radius 3 is 1.88 bits per heavy atom. The first-order valence-electron chi connectivity index (χ1n) is 6.42. The third-order valence-electron chi connectivity index (χ3n) is 1.58. The van der Waals surface area contributed by atoms with Crippen LogP contribution in [0.1, 0.15) is 61.3 Å². The number of hydrogen-bond acceptors (Lipinski definition) is 1. The molecule has 0 atom stereocenters. The van der Waals surface area contributed by atoms with E-state index in [2.05, 4.69) is 4.74 Å². The first-order valence-corrected chi connectivity index (χ1v) is 6.42. The molecule has 0 saturated carbocycles. The van der Waals surface area contributed by atoms with Crippen LogP contribution in [0, 0.1) is 0 Å². The third kappa shape index (κ3) is 17.7. The first kappa shape index (κ1) is 21.4. The summed E-state index contributed by atoms with van der Waals surface area (Å²) in [6, 6.07) is 0. The van der Waals surface area contributed by atoms with Gasteiger partial charge >= 0.3 is 6.61 Å². The minimum Gasteiger partial charge on any atom is -0.435 e. The average molecular weight is 250 g/mol. The summed E-state index contributed by atoms with van der Waals surface area (Å²) in [5, 5.41) is 0. The smallest absolute Gasteiger partial charge is 0.387 e. The highest BCUT2D eigenvalue weighted by molar-refractivity contribution is 5.17. The van der Waals surface area contributed by atoms with Crippen molar-refractivity contribution in [3.05, 3.63) is 23.5 Å². The number of alkyl halides is 2. The maximum atomic E-state index is 11.9. The molecule has 0 N–H and O–H groups in total. The molecular weight excluding hydrogens is 222 g/mol. The van der Waals surface area contributed by atoms with Gasteiger partial charge in [-0.25, -0.2) is 0 Å². The molecule has 0 rings (SSSR count). The second kappa shape index (κ2) is 17.5. The lowest BCUT2D eigenvalue weighted by molar-refractivity contribution is -0.0923. The predicted octanol–water partition coefficient (Wildman–Crippen LogP) is 5.93. The minimum absolute atomic E-state index is 0.261. The van der Waals surface area contributed by atoms with Crippen molar-refractivity contribution in [1.29, 1.82) is 0 Å². The zero-order chi connectivity index (χ0) is 14.3. The zero-order valence-electron chi connectivity index (χ0n) is 12.3. The van der Waals surface area contributed by atoms with Crippen LogP contribution in [-0.4, -0.2) is 6.61 Å². The molecule has 0 unspecified atom stereocenters. The lowest BCUT2D eigenvalue weighted by Gasteiger charge is -2.06. The molecule has 0 saturated heterocycles. The summed E-state index contributed by atoms with van der Waals surface area (Å²) in [4.78, 5) is 0. The van der Waals surface area contributed by atoms with Crippen LogP contribution in [0.2, 0.25) is 0 Å². The fourth-order valence-electron chi connectivity index (χ4n) is 0.790. The Kier molecular flexibility index (Phi) is 22.1. The maximum absolute atomic E-state index is 11.9. The number of rotatable bonds is 5. The Balaban J connectivity index is -0.000000439. The number of ether oxygens (including phenoxy) is 1. The van der Waals surface area contributed by atoms with Crippen LogP contribution in [0.25, 0.3) is 0 Å². The molecule has 0 aromatic carbocycles. The van der Waals surface area contributed by atoms with Gasteiger partial charge in [0.2, 0.25) is 0 Å². The summed E-state index contributed by atoms with van der Waals surface area (Å²) in [6.07, 6.45) is 4.82. The first-order chi connectivity index (χ1) is 8.10. The molecule has 0 fully saturated rings. The summed E-state index contributed by atoms with van der Waals surface area (Å²) in [5.41, 5.74) is 1.03. The van der Waals surface area contributed by atoms with E-state index < -0.39 is 6.61 Å². The summed E-state index contributed by atoms with van der Waals surface area (Å²) < 4.78 is 28.1. The largest absolute Gasteiger partial charge is 0.435 e. The molecule has 17 heavy (non-hydrogen) atoms. The Morgan fingerprint density at radius 1 is 1.12 bits per heavy atom. The van der Waals surface area contributed by atoms with Crippen LogP contribution in [0.5, 0.6) is 0 Å². The maximum Gasteiger partial charge on any atom is 0.387 e. The summed E-state index contributed by atoms with van der Waals surface area (Å²) >= 11 is 0. The molecule has 0 aromatic rings. The normalized spacial score (nSPS) is 11.2. The van der Waals surface area contributed by atoms with E-state index >= 15 is 0 Å². The monoisotopic (exact) mass is 250 g/mol. The molecule has 0 aromatic heterocycles. The second-order valence-corrected chi connectivity index (χ2v) is 2.74. The quantitative estimate of drug-likeness (QED) is 0.434. The van der Waals surface area contributed by atoms with E-state index in [1.165, 1.54) is 0 Å². The third-order valence-corrected chi connectivity index (χ3v) is 1.58. The van der Waals surface area contributed by atoms with Gasteiger partial charge in [-0.15, -0.1) is 0 Å². The van der Waals surface area contributed by atoms with Crippen molar-refractivity contribution in [2.24, 2.45) is 0 Å². The molecule has 0 aliphatic carbocycles. The van der Waals surface area contributed by atoms with Crippen LogP contribution in [0.15, 0.2) is 23.5 Å². The number of hydrogen-bond donors (Lipinski definition) is 0. The fraction of sp³-hybridized carbons (Fsp3) is 0.714. The van der Waals surface area contributed by atoms with E-state index in [4.69, 9.17) is 0 Å². The highest BCUT2D eigenvalue weighted by Gasteiger charge is 2.04. The van der Waals surface area contributed by atoms with Crippen LogP contribution in [0.4, 0.5) is 8.78 Å². The Hall–Kier alpha value is -0.860. The lowest BCUT2D eigenvalue weighted by atomic mass is 10.2. The molecular formula is C14H28F2O. The molecule has 0 bridgehead atoms. The fourth-order valence-corrected chi connectivity index (χ4v) is 0.790. The minimum atomic E-state index is -2.74. The molecule has 1 nitrogen and oxygen atoms in total. The van der Waals surface area contributed by atoms with Crippen molar-refractivity contribution >= 4 is 0 Å². The van der Waals surface area contributed by atoms with Gasteiger partial charge in [0.15, 0.2) is 0 Å². The van der Waals surface area contributed by atoms with Gasteiger partial charge in [-0.1, -0.05) is 47.1 Å². The molecule has 0 amide bonds. The van der Waals surface area contributed by atoms with Crippen molar-refractivity contribution in [1.82, 2.24) is 0 Å². The van der Waals surface area contributed by atoms with Crippen LogP contribution in [-0.2, 0) is 4.74 Å². The van der Waals surface area contributed by atoms with Gasteiger partial charge in [0.1, 0.15) is 5.76 Å². The van der Waals surface area contributed by atoms with Crippen molar-refractivity contribution in [2.45, 2.75) is 67.9 Å². The van der Waals surface area contributed by atoms with E-state index in [-0.39, 0.29) is 5.76 Å². The van der Waals surface area contributed by atoms with Gasteiger partial charge in [0, 0.05) is 0 Å². The van der Waals surface area contributed by atoms with E-state index in [9.17, 15) is 8.78 Å². The molecule has 0 aliphatic rings.